The molecule has 0 fully saturated rings. The number of hydrogen-bond acceptors (Lipinski definition) is 8. The fourth-order valence-electron chi connectivity index (χ4n) is 2.10. The van der Waals surface area contributed by atoms with Gasteiger partial charge in [-0.2, -0.15) is 0 Å². The molecule has 1 heterocycles. The normalized spacial score (nSPS) is 9.93. The molecule has 27 heavy (non-hydrogen) atoms. The monoisotopic (exact) mass is 373 g/mol. The van der Waals surface area contributed by atoms with Gasteiger partial charge < -0.3 is 15.3 Å². The lowest BCUT2D eigenvalue weighted by atomic mass is 10.1. The van der Waals surface area contributed by atoms with Gasteiger partial charge in [-0.3, -0.25) is 25.2 Å². The molecule has 3 N–H and O–H groups in total. The van der Waals surface area contributed by atoms with Crippen LogP contribution in [0.2, 0.25) is 0 Å². The van der Waals surface area contributed by atoms with Crippen LogP contribution in [0.3, 0.4) is 0 Å². The molecule has 0 saturated carbocycles. The predicted molar refractivity (Wildman–Crippen MR) is 91.8 cm³/mol. The van der Waals surface area contributed by atoms with E-state index in [-0.39, 0.29) is 5.75 Å². The maximum atomic E-state index is 10.6. The Hall–Kier alpha value is -4.28. The SMILES string of the molecule is O=C(O)c1cc([N+](=O)[O-])cc([N+](=O)[O-])c1O.Oc1cccc2cccnc12. The number of carboxylic acid groups (broad SMARTS) is 1. The lowest BCUT2D eigenvalue weighted by Crippen LogP contribution is -2.02. The minimum atomic E-state index is -1.69. The highest BCUT2D eigenvalue weighted by atomic mass is 16.6. The van der Waals surface area contributed by atoms with E-state index in [1.165, 1.54) is 0 Å². The maximum Gasteiger partial charge on any atom is 0.340 e. The van der Waals surface area contributed by atoms with Crippen molar-refractivity contribution in [3.05, 3.63) is 74.5 Å². The zero-order valence-corrected chi connectivity index (χ0v) is 13.3. The first-order valence-electron chi connectivity index (χ1n) is 7.14. The van der Waals surface area contributed by atoms with E-state index in [1.807, 2.05) is 18.2 Å². The van der Waals surface area contributed by atoms with E-state index in [4.69, 9.17) is 5.11 Å². The lowest BCUT2D eigenvalue weighted by Gasteiger charge is -2.00. The molecule has 0 radical (unpaired) electrons. The van der Waals surface area contributed by atoms with Gasteiger partial charge in [0.2, 0.25) is 5.75 Å². The molecule has 3 aromatic rings. The highest BCUT2D eigenvalue weighted by Gasteiger charge is 2.26. The fourth-order valence-corrected chi connectivity index (χ4v) is 2.10. The van der Waals surface area contributed by atoms with Crippen molar-refractivity contribution in [2.24, 2.45) is 0 Å². The average Bonchev–Trinajstić information content (AvgIpc) is 2.62. The van der Waals surface area contributed by atoms with Gasteiger partial charge in [-0.05, 0) is 12.1 Å². The standard InChI is InChI=1S/C9H7NO.C7H4N2O7/c11-8-5-1-3-7-4-2-6-10-9(7)8;10-6-4(7(11)12)1-3(8(13)14)2-5(6)9(15)16/h1-6,11H;1-2,10H,(H,11,12). The molecule has 11 heteroatoms. The van der Waals surface area contributed by atoms with Crippen molar-refractivity contribution >= 4 is 28.2 Å². The van der Waals surface area contributed by atoms with Crippen molar-refractivity contribution in [3.63, 3.8) is 0 Å². The Balaban J connectivity index is 0.000000206. The molecule has 0 aliphatic heterocycles. The van der Waals surface area contributed by atoms with Gasteiger partial charge >= 0.3 is 11.7 Å². The number of pyridine rings is 1. The Kier molecular flexibility index (Phi) is 5.46. The highest BCUT2D eigenvalue weighted by molar-refractivity contribution is 5.93. The van der Waals surface area contributed by atoms with Gasteiger partial charge in [-0.1, -0.05) is 18.2 Å². The van der Waals surface area contributed by atoms with E-state index < -0.39 is 38.5 Å². The lowest BCUT2D eigenvalue weighted by molar-refractivity contribution is -0.394. The molecule has 0 aliphatic carbocycles. The van der Waals surface area contributed by atoms with Crippen LogP contribution in [0.5, 0.6) is 11.5 Å². The zero-order chi connectivity index (χ0) is 20.1. The van der Waals surface area contributed by atoms with Gasteiger partial charge in [0.15, 0.2) is 0 Å². The number of carbonyl (C=O) groups is 1. The van der Waals surface area contributed by atoms with Crippen LogP contribution in [0.15, 0.2) is 48.7 Å². The number of carboxylic acids is 1. The van der Waals surface area contributed by atoms with Crippen LogP contribution in [0.25, 0.3) is 10.9 Å². The van der Waals surface area contributed by atoms with Crippen LogP contribution in [-0.2, 0) is 0 Å². The van der Waals surface area contributed by atoms with Gasteiger partial charge in [0.1, 0.15) is 16.8 Å². The fraction of sp³-hybridized carbons (Fsp3) is 0. The van der Waals surface area contributed by atoms with Crippen LogP contribution in [0.1, 0.15) is 10.4 Å². The van der Waals surface area contributed by atoms with Crippen molar-refractivity contribution in [3.8, 4) is 11.5 Å². The van der Waals surface area contributed by atoms with Crippen molar-refractivity contribution in [1.29, 1.82) is 0 Å². The minimum Gasteiger partial charge on any atom is -0.506 e. The number of non-ortho nitro benzene ring substituents is 1. The number of para-hydroxylation sites is 1. The summed E-state index contributed by atoms with van der Waals surface area (Å²) in [4.78, 5) is 33.3. The van der Waals surface area contributed by atoms with Crippen molar-refractivity contribution < 1.29 is 30.0 Å². The molecular formula is C16H11N3O8. The van der Waals surface area contributed by atoms with Gasteiger partial charge in [-0.25, -0.2) is 4.79 Å². The summed E-state index contributed by atoms with van der Waals surface area (Å²) in [7, 11) is 0. The first-order valence-corrected chi connectivity index (χ1v) is 7.14. The second-order valence-electron chi connectivity index (χ2n) is 5.03. The van der Waals surface area contributed by atoms with Gasteiger partial charge in [0.25, 0.3) is 5.69 Å². The van der Waals surface area contributed by atoms with E-state index in [0.717, 1.165) is 5.39 Å². The molecule has 11 nitrogen and oxygen atoms in total. The van der Waals surface area contributed by atoms with Gasteiger partial charge in [-0.15, -0.1) is 0 Å². The zero-order valence-electron chi connectivity index (χ0n) is 13.3. The van der Waals surface area contributed by atoms with Crippen LogP contribution in [0.4, 0.5) is 11.4 Å². The summed E-state index contributed by atoms with van der Waals surface area (Å²) < 4.78 is 0. The molecule has 0 unspecified atom stereocenters. The number of benzene rings is 2. The number of aromatic hydroxyl groups is 2. The van der Waals surface area contributed by atoms with Crippen molar-refractivity contribution in [2.75, 3.05) is 0 Å². The third-order valence-electron chi connectivity index (χ3n) is 3.32. The van der Waals surface area contributed by atoms with Crippen LogP contribution in [0, 0.1) is 20.2 Å². The summed E-state index contributed by atoms with van der Waals surface area (Å²) in [5.74, 6) is -2.56. The molecule has 3 rings (SSSR count). The number of fused-ring (bicyclic) bond motifs is 1. The summed E-state index contributed by atoms with van der Waals surface area (Å²) in [5, 5.41) is 48.8. The van der Waals surface area contributed by atoms with E-state index in [9.17, 15) is 35.2 Å². The summed E-state index contributed by atoms with van der Waals surface area (Å²) >= 11 is 0. The Labute approximate surface area is 150 Å². The molecule has 2 aromatic carbocycles. The van der Waals surface area contributed by atoms with Crippen LogP contribution >= 0.6 is 0 Å². The number of nitrogens with zero attached hydrogens (tertiary/aromatic N) is 3. The number of hydrogen-bond donors (Lipinski definition) is 3. The number of rotatable bonds is 3. The maximum absolute atomic E-state index is 10.6. The third-order valence-corrected chi connectivity index (χ3v) is 3.32. The van der Waals surface area contributed by atoms with E-state index in [0.29, 0.717) is 17.6 Å². The summed E-state index contributed by atoms with van der Waals surface area (Å²) in [6.45, 7) is 0. The third kappa shape index (κ3) is 4.22. The average molecular weight is 373 g/mol. The Bertz CT molecular complexity index is 1010. The molecule has 0 bridgehead atoms. The molecule has 0 amide bonds. The van der Waals surface area contributed by atoms with E-state index in [1.54, 1.807) is 18.3 Å². The second kappa shape index (κ2) is 7.74. The van der Waals surface area contributed by atoms with Gasteiger partial charge in [0, 0.05) is 17.6 Å². The number of aromatic nitrogens is 1. The molecule has 0 saturated heterocycles. The van der Waals surface area contributed by atoms with E-state index >= 15 is 0 Å². The van der Waals surface area contributed by atoms with Gasteiger partial charge in [0.05, 0.1) is 15.9 Å². The van der Waals surface area contributed by atoms with Crippen molar-refractivity contribution in [2.45, 2.75) is 0 Å². The summed E-state index contributed by atoms with van der Waals surface area (Å²) in [5.41, 5.74) is -2.02. The first-order chi connectivity index (χ1) is 12.7. The topological polar surface area (TPSA) is 177 Å². The Morgan fingerprint density at radius 3 is 2.22 bits per heavy atom. The molecular weight excluding hydrogens is 362 g/mol. The number of phenols is 2. The molecule has 0 aliphatic rings. The first kappa shape index (κ1) is 19.1. The largest absolute Gasteiger partial charge is 0.506 e. The number of nitro groups is 2. The summed E-state index contributed by atoms with van der Waals surface area (Å²) in [6, 6.07) is 10.2. The molecule has 0 spiro atoms. The van der Waals surface area contributed by atoms with Crippen molar-refractivity contribution in [1.82, 2.24) is 4.98 Å². The highest BCUT2D eigenvalue weighted by Crippen LogP contribution is 2.34. The number of aromatic carboxylic acids is 1. The quantitative estimate of drug-likeness (QED) is 0.460. The molecule has 1 aromatic heterocycles. The Morgan fingerprint density at radius 2 is 1.67 bits per heavy atom. The number of nitro benzene ring substituents is 2. The van der Waals surface area contributed by atoms with E-state index in [2.05, 4.69) is 4.98 Å². The minimum absolute atomic E-state index is 0.239. The predicted octanol–water partition coefficient (Wildman–Crippen LogP) is 2.85. The van der Waals surface area contributed by atoms with Crippen LogP contribution in [-0.4, -0.2) is 36.1 Å². The smallest absolute Gasteiger partial charge is 0.340 e. The summed E-state index contributed by atoms with van der Waals surface area (Å²) in [6.07, 6.45) is 1.67. The number of phenolic OH excluding ortho intramolecular Hbond substituents is 1. The Morgan fingerprint density at radius 1 is 1.00 bits per heavy atom. The molecule has 138 valence electrons. The molecule has 0 atom stereocenters. The second-order valence-corrected chi connectivity index (χ2v) is 5.03. The van der Waals surface area contributed by atoms with Crippen LogP contribution < -0.4 is 0 Å².